The van der Waals surface area contributed by atoms with Gasteiger partial charge in [-0.2, -0.15) is 0 Å². The molecule has 0 saturated carbocycles. The van der Waals surface area contributed by atoms with Crippen molar-refractivity contribution in [1.29, 1.82) is 0 Å². The molecule has 0 fully saturated rings. The number of rotatable bonds is 6. The predicted octanol–water partition coefficient (Wildman–Crippen LogP) is 5.80. The van der Waals surface area contributed by atoms with Crippen LogP contribution >= 0.6 is 0 Å². The molecule has 0 aliphatic rings. The number of hydrogen-bond acceptors (Lipinski definition) is 2. The number of aryl methyl sites for hydroxylation is 1. The summed E-state index contributed by atoms with van der Waals surface area (Å²) in [6, 6.07) is 24.9. The Labute approximate surface area is 160 Å². The van der Waals surface area contributed by atoms with E-state index in [0.717, 1.165) is 29.0 Å². The van der Waals surface area contributed by atoms with Crippen molar-refractivity contribution in [1.82, 2.24) is 9.97 Å². The summed E-state index contributed by atoms with van der Waals surface area (Å²) in [5.74, 6) is 2.28. The summed E-state index contributed by atoms with van der Waals surface area (Å²) in [5.41, 5.74) is 5.71. The molecular formula is C24H24N2O. The van der Waals surface area contributed by atoms with Gasteiger partial charge in [0.25, 0.3) is 0 Å². The molecular weight excluding hydrogens is 332 g/mol. The van der Waals surface area contributed by atoms with Crippen LogP contribution in [0.15, 0.2) is 72.8 Å². The average molecular weight is 356 g/mol. The van der Waals surface area contributed by atoms with Crippen molar-refractivity contribution in [3.8, 4) is 5.75 Å². The summed E-state index contributed by atoms with van der Waals surface area (Å²) in [6.45, 7) is 4.91. The number of nitrogens with zero attached hydrogens (tertiary/aromatic N) is 1. The van der Waals surface area contributed by atoms with E-state index in [1.54, 1.807) is 0 Å². The molecule has 0 spiro atoms. The molecule has 1 atom stereocenters. The number of ether oxygens (including phenoxy) is 1. The van der Waals surface area contributed by atoms with Gasteiger partial charge in [-0.05, 0) is 47.7 Å². The summed E-state index contributed by atoms with van der Waals surface area (Å²) < 4.78 is 6.19. The highest BCUT2D eigenvalue weighted by molar-refractivity contribution is 5.74. The third-order valence-electron chi connectivity index (χ3n) is 4.88. The highest BCUT2D eigenvalue weighted by atomic mass is 16.5. The van der Waals surface area contributed by atoms with Crippen LogP contribution in [0, 0.1) is 6.92 Å². The molecule has 0 aliphatic heterocycles. The Balaban J connectivity index is 1.54. The summed E-state index contributed by atoms with van der Waals surface area (Å²) >= 11 is 0. The number of hydrogen-bond donors (Lipinski definition) is 1. The molecule has 1 heterocycles. The fraction of sp³-hybridized carbons (Fsp3) is 0.208. The van der Waals surface area contributed by atoms with Crippen LogP contribution in [0.5, 0.6) is 5.75 Å². The van der Waals surface area contributed by atoms with Gasteiger partial charge in [0.15, 0.2) is 0 Å². The predicted molar refractivity (Wildman–Crippen MR) is 110 cm³/mol. The number of para-hydroxylation sites is 2. The van der Waals surface area contributed by atoms with Gasteiger partial charge in [0.2, 0.25) is 0 Å². The Morgan fingerprint density at radius 2 is 1.74 bits per heavy atom. The molecule has 1 N–H and O–H groups in total. The molecule has 0 radical (unpaired) electrons. The smallest absolute Gasteiger partial charge is 0.123 e. The molecule has 1 unspecified atom stereocenters. The van der Waals surface area contributed by atoms with Crippen molar-refractivity contribution in [2.24, 2.45) is 0 Å². The number of imidazole rings is 1. The van der Waals surface area contributed by atoms with Crippen molar-refractivity contribution in [2.75, 3.05) is 0 Å². The lowest BCUT2D eigenvalue weighted by atomic mass is 9.95. The van der Waals surface area contributed by atoms with Crippen molar-refractivity contribution < 1.29 is 4.74 Å². The molecule has 136 valence electrons. The molecule has 4 aromatic rings. The van der Waals surface area contributed by atoms with Gasteiger partial charge >= 0.3 is 0 Å². The normalized spacial score (nSPS) is 12.2. The summed E-state index contributed by atoms with van der Waals surface area (Å²) in [4.78, 5) is 8.16. The Hall–Kier alpha value is -3.07. The third kappa shape index (κ3) is 4.03. The number of benzene rings is 3. The largest absolute Gasteiger partial charge is 0.489 e. The first-order chi connectivity index (χ1) is 13.2. The first-order valence-electron chi connectivity index (χ1n) is 9.40. The Bertz CT molecular complexity index is 1000. The van der Waals surface area contributed by atoms with Gasteiger partial charge in [-0.3, -0.25) is 0 Å². The highest BCUT2D eigenvalue weighted by Gasteiger charge is 2.15. The van der Waals surface area contributed by atoms with Crippen molar-refractivity contribution >= 4 is 11.0 Å². The van der Waals surface area contributed by atoms with Crippen LogP contribution in [0.4, 0.5) is 0 Å². The quantitative estimate of drug-likeness (QED) is 0.474. The molecule has 3 nitrogen and oxygen atoms in total. The second kappa shape index (κ2) is 7.67. The molecule has 27 heavy (non-hydrogen) atoms. The molecule has 1 aromatic heterocycles. The zero-order valence-corrected chi connectivity index (χ0v) is 15.8. The van der Waals surface area contributed by atoms with Crippen molar-refractivity contribution in [3.63, 3.8) is 0 Å². The number of H-pyrrole nitrogens is 1. The standard InChI is InChI=1S/C24H24N2O/c1-17-12-13-20(23(14-17)27-16-19-8-4-3-5-9-19)18(2)15-24-25-21-10-6-7-11-22(21)26-24/h3-14,18H,15-16H2,1-2H3,(H,25,26). The number of fused-ring (bicyclic) bond motifs is 1. The third-order valence-corrected chi connectivity index (χ3v) is 4.88. The van der Waals surface area contributed by atoms with E-state index < -0.39 is 0 Å². The van der Waals surface area contributed by atoms with Crippen LogP contribution in [-0.2, 0) is 13.0 Å². The molecule has 0 saturated heterocycles. The van der Waals surface area contributed by atoms with E-state index in [9.17, 15) is 0 Å². The lowest BCUT2D eigenvalue weighted by Gasteiger charge is -2.17. The lowest BCUT2D eigenvalue weighted by Crippen LogP contribution is -2.05. The van der Waals surface area contributed by atoms with Gasteiger partial charge < -0.3 is 9.72 Å². The van der Waals surface area contributed by atoms with Crippen LogP contribution in [0.2, 0.25) is 0 Å². The first kappa shape index (κ1) is 17.3. The first-order valence-corrected chi connectivity index (χ1v) is 9.40. The molecule has 0 amide bonds. The minimum Gasteiger partial charge on any atom is -0.489 e. The Morgan fingerprint density at radius 1 is 0.963 bits per heavy atom. The molecule has 4 rings (SSSR count). The van der Waals surface area contributed by atoms with E-state index in [4.69, 9.17) is 9.72 Å². The number of aromatic amines is 1. The SMILES string of the molecule is Cc1ccc(C(C)Cc2nc3ccccc3[nH]2)c(OCc2ccccc2)c1. The monoisotopic (exact) mass is 356 g/mol. The summed E-state index contributed by atoms with van der Waals surface area (Å²) in [5, 5.41) is 0. The molecule has 0 aliphatic carbocycles. The Morgan fingerprint density at radius 3 is 2.56 bits per heavy atom. The average Bonchev–Trinajstić information content (AvgIpc) is 3.09. The van der Waals surface area contributed by atoms with E-state index in [1.807, 2.05) is 36.4 Å². The van der Waals surface area contributed by atoms with Gasteiger partial charge in [0, 0.05) is 6.42 Å². The second-order valence-electron chi connectivity index (χ2n) is 7.12. The Kier molecular flexibility index (Phi) is 4.93. The summed E-state index contributed by atoms with van der Waals surface area (Å²) in [7, 11) is 0. The highest BCUT2D eigenvalue weighted by Crippen LogP contribution is 2.30. The second-order valence-corrected chi connectivity index (χ2v) is 7.12. The summed E-state index contributed by atoms with van der Waals surface area (Å²) in [6.07, 6.45) is 0.847. The fourth-order valence-electron chi connectivity index (χ4n) is 3.41. The van der Waals surface area contributed by atoms with Crippen LogP contribution in [-0.4, -0.2) is 9.97 Å². The van der Waals surface area contributed by atoms with Crippen molar-refractivity contribution in [2.45, 2.75) is 32.8 Å². The van der Waals surface area contributed by atoms with Crippen molar-refractivity contribution in [3.05, 3.63) is 95.3 Å². The molecule has 3 heteroatoms. The topological polar surface area (TPSA) is 37.9 Å². The zero-order valence-electron chi connectivity index (χ0n) is 15.8. The van der Waals surface area contributed by atoms with E-state index in [1.165, 1.54) is 16.7 Å². The lowest BCUT2D eigenvalue weighted by molar-refractivity contribution is 0.301. The van der Waals surface area contributed by atoms with E-state index in [-0.39, 0.29) is 0 Å². The van der Waals surface area contributed by atoms with Gasteiger partial charge in [-0.15, -0.1) is 0 Å². The van der Waals surface area contributed by atoms with Gasteiger partial charge in [0.05, 0.1) is 11.0 Å². The van der Waals surface area contributed by atoms with E-state index in [0.29, 0.717) is 12.5 Å². The van der Waals surface area contributed by atoms with Crippen LogP contribution < -0.4 is 4.74 Å². The van der Waals surface area contributed by atoms with Crippen LogP contribution in [0.3, 0.4) is 0 Å². The minimum absolute atomic E-state index is 0.303. The zero-order chi connectivity index (χ0) is 18.6. The minimum atomic E-state index is 0.303. The van der Waals surface area contributed by atoms with Gasteiger partial charge in [0.1, 0.15) is 18.2 Å². The molecule has 3 aromatic carbocycles. The molecule has 0 bridgehead atoms. The van der Waals surface area contributed by atoms with Gasteiger partial charge in [-0.25, -0.2) is 4.98 Å². The van der Waals surface area contributed by atoms with E-state index in [2.05, 4.69) is 55.2 Å². The fourth-order valence-corrected chi connectivity index (χ4v) is 3.41. The van der Waals surface area contributed by atoms with Gasteiger partial charge in [-0.1, -0.05) is 61.5 Å². The maximum Gasteiger partial charge on any atom is 0.123 e. The van der Waals surface area contributed by atoms with Crippen LogP contribution in [0.1, 0.15) is 35.4 Å². The van der Waals surface area contributed by atoms with E-state index >= 15 is 0 Å². The maximum absolute atomic E-state index is 6.19. The maximum atomic E-state index is 6.19. The van der Waals surface area contributed by atoms with Crippen LogP contribution in [0.25, 0.3) is 11.0 Å². The number of aromatic nitrogens is 2. The number of nitrogens with one attached hydrogen (secondary N) is 1.